The van der Waals surface area contributed by atoms with Crippen LogP contribution in [-0.2, 0) is 16.4 Å². The van der Waals surface area contributed by atoms with E-state index < -0.39 is 9.84 Å². The second-order valence-electron chi connectivity index (χ2n) is 4.63. The quantitative estimate of drug-likeness (QED) is 0.817. The lowest BCUT2D eigenvalue weighted by atomic mass is 10.1. The fourth-order valence-electron chi connectivity index (χ4n) is 2.08. The molecule has 1 fully saturated rings. The number of benzene rings is 1. The van der Waals surface area contributed by atoms with Crippen molar-refractivity contribution >= 4 is 15.5 Å². The smallest absolute Gasteiger partial charge is 0.151 e. The van der Waals surface area contributed by atoms with E-state index in [0.717, 1.165) is 0 Å². The highest BCUT2D eigenvalue weighted by atomic mass is 32.2. The number of nitrogen functional groups attached to an aromatic ring is 1. The van der Waals surface area contributed by atoms with E-state index in [-0.39, 0.29) is 17.3 Å². The molecule has 0 bridgehead atoms. The molecule has 1 aliphatic heterocycles. The molecule has 0 unspecified atom stereocenters. The summed E-state index contributed by atoms with van der Waals surface area (Å²) < 4.78 is 36.6. The molecule has 1 aromatic carbocycles. The Kier molecular flexibility index (Phi) is 3.87. The van der Waals surface area contributed by atoms with Crippen LogP contribution in [0.15, 0.2) is 18.2 Å². The lowest BCUT2D eigenvalue weighted by Gasteiger charge is -2.19. The highest BCUT2D eigenvalue weighted by Gasteiger charge is 2.19. The number of nitrogens with zero attached hydrogens (tertiary/aromatic N) is 1. The first kappa shape index (κ1) is 13.3. The zero-order valence-electron chi connectivity index (χ0n) is 10.1. The first-order valence-electron chi connectivity index (χ1n) is 5.93. The Labute approximate surface area is 107 Å². The SMILES string of the molecule is Nc1ccc(CN2CCCS(=O)(=O)CC2)c(F)c1. The third kappa shape index (κ3) is 3.43. The maximum Gasteiger partial charge on any atom is 0.151 e. The van der Waals surface area contributed by atoms with Crippen LogP contribution in [-0.4, -0.2) is 37.9 Å². The van der Waals surface area contributed by atoms with Gasteiger partial charge in [-0.2, -0.15) is 0 Å². The molecule has 0 aromatic heterocycles. The lowest BCUT2D eigenvalue weighted by molar-refractivity contribution is 0.283. The van der Waals surface area contributed by atoms with Crippen LogP contribution in [0.25, 0.3) is 0 Å². The second-order valence-corrected chi connectivity index (χ2v) is 6.94. The molecule has 0 aliphatic carbocycles. The molecule has 4 nitrogen and oxygen atoms in total. The zero-order valence-corrected chi connectivity index (χ0v) is 10.9. The van der Waals surface area contributed by atoms with Crippen LogP contribution in [0, 0.1) is 5.82 Å². The van der Waals surface area contributed by atoms with E-state index in [2.05, 4.69) is 0 Å². The lowest BCUT2D eigenvalue weighted by Crippen LogP contribution is -2.27. The molecule has 0 radical (unpaired) electrons. The van der Waals surface area contributed by atoms with E-state index >= 15 is 0 Å². The summed E-state index contributed by atoms with van der Waals surface area (Å²) in [5.74, 6) is 0.0548. The number of nitrogens with two attached hydrogens (primary N) is 1. The molecule has 1 aliphatic rings. The summed E-state index contributed by atoms with van der Waals surface area (Å²) in [6.07, 6.45) is 0.610. The monoisotopic (exact) mass is 272 g/mol. The molecular formula is C12H17FN2O2S. The number of halogens is 1. The summed E-state index contributed by atoms with van der Waals surface area (Å²) in [4.78, 5) is 1.97. The summed E-state index contributed by atoms with van der Waals surface area (Å²) in [5, 5.41) is 0. The number of hydrogen-bond donors (Lipinski definition) is 1. The molecule has 1 saturated heterocycles. The number of hydrogen-bond acceptors (Lipinski definition) is 4. The van der Waals surface area contributed by atoms with Gasteiger partial charge in [0, 0.05) is 24.3 Å². The zero-order chi connectivity index (χ0) is 13.2. The highest BCUT2D eigenvalue weighted by Crippen LogP contribution is 2.15. The van der Waals surface area contributed by atoms with E-state index in [1.807, 2.05) is 4.90 Å². The van der Waals surface area contributed by atoms with E-state index in [1.54, 1.807) is 12.1 Å². The number of sulfone groups is 1. The second kappa shape index (κ2) is 5.24. The summed E-state index contributed by atoms with van der Waals surface area (Å²) in [5.41, 5.74) is 6.44. The molecule has 0 atom stereocenters. The van der Waals surface area contributed by atoms with Gasteiger partial charge in [0.2, 0.25) is 0 Å². The maximum absolute atomic E-state index is 13.6. The van der Waals surface area contributed by atoms with Crippen LogP contribution in [0.1, 0.15) is 12.0 Å². The van der Waals surface area contributed by atoms with Crippen molar-refractivity contribution in [3.63, 3.8) is 0 Å². The molecule has 2 rings (SSSR count). The van der Waals surface area contributed by atoms with Crippen molar-refractivity contribution in [2.75, 3.05) is 30.3 Å². The molecule has 0 saturated carbocycles. The molecule has 2 N–H and O–H groups in total. The van der Waals surface area contributed by atoms with Gasteiger partial charge in [-0.1, -0.05) is 6.07 Å². The number of rotatable bonds is 2. The van der Waals surface area contributed by atoms with Gasteiger partial charge in [0.15, 0.2) is 9.84 Å². The van der Waals surface area contributed by atoms with Crippen LogP contribution < -0.4 is 5.73 Å². The van der Waals surface area contributed by atoms with Gasteiger partial charge in [-0.05, 0) is 25.1 Å². The van der Waals surface area contributed by atoms with Crippen molar-refractivity contribution in [3.8, 4) is 0 Å². The van der Waals surface area contributed by atoms with Gasteiger partial charge in [0.1, 0.15) is 5.82 Å². The highest BCUT2D eigenvalue weighted by molar-refractivity contribution is 7.91. The van der Waals surface area contributed by atoms with Crippen LogP contribution in [0.5, 0.6) is 0 Å². The van der Waals surface area contributed by atoms with Gasteiger partial charge in [-0.15, -0.1) is 0 Å². The van der Waals surface area contributed by atoms with Gasteiger partial charge in [0.05, 0.1) is 11.5 Å². The van der Waals surface area contributed by atoms with Gasteiger partial charge >= 0.3 is 0 Å². The predicted molar refractivity (Wildman–Crippen MR) is 69.4 cm³/mol. The predicted octanol–water partition coefficient (Wildman–Crippen LogP) is 1.03. The minimum atomic E-state index is -2.92. The normalized spacial score (nSPS) is 20.5. The maximum atomic E-state index is 13.6. The average molecular weight is 272 g/mol. The van der Waals surface area contributed by atoms with Crippen molar-refractivity contribution in [1.82, 2.24) is 4.90 Å². The fourth-order valence-corrected chi connectivity index (χ4v) is 3.39. The summed E-state index contributed by atoms with van der Waals surface area (Å²) in [6.45, 7) is 1.58. The summed E-state index contributed by atoms with van der Waals surface area (Å²) >= 11 is 0. The molecule has 6 heteroatoms. The summed E-state index contributed by atoms with van der Waals surface area (Å²) in [6, 6.07) is 4.61. The van der Waals surface area contributed by atoms with Crippen LogP contribution in [0.4, 0.5) is 10.1 Å². The summed E-state index contributed by atoms with van der Waals surface area (Å²) in [7, 11) is -2.92. The van der Waals surface area contributed by atoms with Crippen molar-refractivity contribution in [2.45, 2.75) is 13.0 Å². The van der Waals surface area contributed by atoms with E-state index in [4.69, 9.17) is 5.73 Å². The molecule has 1 heterocycles. The van der Waals surface area contributed by atoms with Crippen molar-refractivity contribution in [2.24, 2.45) is 0 Å². The largest absolute Gasteiger partial charge is 0.399 e. The third-order valence-electron chi connectivity index (χ3n) is 3.12. The Morgan fingerprint density at radius 3 is 2.78 bits per heavy atom. The average Bonchev–Trinajstić information content (AvgIpc) is 2.44. The fraction of sp³-hybridized carbons (Fsp3) is 0.500. The molecule has 1 aromatic rings. The Bertz CT molecular complexity index is 531. The number of anilines is 1. The Hall–Kier alpha value is -1.14. The topological polar surface area (TPSA) is 63.4 Å². The van der Waals surface area contributed by atoms with Gasteiger partial charge < -0.3 is 5.73 Å². The minimum Gasteiger partial charge on any atom is -0.399 e. The van der Waals surface area contributed by atoms with Gasteiger partial charge in [-0.3, -0.25) is 4.90 Å². The van der Waals surface area contributed by atoms with Crippen molar-refractivity contribution in [1.29, 1.82) is 0 Å². The van der Waals surface area contributed by atoms with Crippen LogP contribution in [0.2, 0.25) is 0 Å². The molecule has 100 valence electrons. The first-order valence-corrected chi connectivity index (χ1v) is 7.75. The Balaban J connectivity index is 2.05. The van der Waals surface area contributed by atoms with E-state index in [0.29, 0.717) is 37.3 Å². The van der Waals surface area contributed by atoms with Crippen molar-refractivity contribution < 1.29 is 12.8 Å². The minimum absolute atomic E-state index is 0.156. The first-order chi connectivity index (χ1) is 8.46. The van der Waals surface area contributed by atoms with E-state index in [9.17, 15) is 12.8 Å². The molecule has 18 heavy (non-hydrogen) atoms. The molecule has 0 amide bonds. The van der Waals surface area contributed by atoms with E-state index in [1.165, 1.54) is 6.07 Å². The standard InChI is InChI=1S/C12H17FN2O2S/c13-12-8-11(14)3-2-10(12)9-15-4-1-6-18(16,17)7-5-15/h2-3,8H,1,4-7,9,14H2. The Morgan fingerprint density at radius 2 is 2.06 bits per heavy atom. The Morgan fingerprint density at radius 1 is 1.28 bits per heavy atom. The van der Waals surface area contributed by atoms with Crippen LogP contribution >= 0.6 is 0 Å². The van der Waals surface area contributed by atoms with Crippen molar-refractivity contribution in [3.05, 3.63) is 29.6 Å². The third-order valence-corrected chi connectivity index (χ3v) is 4.83. The van der Waals surface area contributed by atoms with Crippen LogP contribution in [0.3, 0.4) is 0 Å². The molecule has 0 spiro atoms. The van der Waals surface area contributed by atoms with Gasteiger partial charge in [0.25, 0.3) is 0 Å². The van der Waals surface area contributed by atoms with Gasteiger partial charge in [-0.25, -0.2) is 12.8 Å². The molecular weight excluding hydrogens is 255 g/mol.